The van der Waals surface area contributed by atoms with Gasteiger partial charge in [-0.2, -0.15) is 16.7 Å². The van der Waals surface area contributed by atoms with Crippen LogP contribution in [0.25, 0.3) is 11.5 Å². The van der Waals surface area contributed by atoms with Gasteiger partial charge in [-0.25, -0.2) is 9.37 Å². The molecular formula is C11H11BrFN3OS. The average Bonchev–Trinajstić information content (AvgIpc) is 2.82. The van der Waals surface area contributed by atoms with Crippen molar-refractivity contribution in [1.29, 1.82) is 0 Å². The van der Waals surface area contributed by atoms with E-state index < -0.39 is 5.82 Å². The molecule has 0 aliphatic rings. The van der Waals surface area contributed by atoms with Gasteiger partial charge in [-0.3, -0.25) is 0 Å². The molecule has 0 amide bonds. The van der Waals surface area contributed by atoms with Gasteiger partial charge < -0.3 is 4.52 Å². The summed E-state index contributed by atoms with van der Waals surface area (Å²) < 4.78 is 19.3. The highest BCUT2D eigenvalue weighted by molar-refractivity contribution is 9.10. The van der Waals surface area contributed by atoms with Crippen molar-refractivity contribution in [3.05, 3.63) is 28.4 Å². The maximum Gasteiger partial charge on any atom is 0.230 e. The van der Waals surface area contributed by atoms with E-state index in [1.165, 1.54) is 12.1 Å². The first kappa shape index (κ1) is 13.5. The third kappa shape index (κ3) is 2.89. The number of nitrogens with zero attached hydrogens (tertiary/aromatic N) is 3. The Morgan fingerprint density at radius 2 is 2.22 bits per heavy atom. The van der Waals surface area contributed by atoms with Crippen LogP contribution in [0, 0.1) is 5.82 Å². The predicted molar refractivity (Wildman–Crippen MR) is 72.0 cm³/mol. The largest absolute Gasteiger partial charge is 0.339 e. The third-order valence-electron chi connectivity index (χ3n) is 2.30. The molecule has 4 nitrogen and oxygen atoms in total. The molecule has 0 fully saturated rings. The lowest BCUT2D eigenvalue weighted by Gasteiger charge is -2.01. The minimum atomic E-state index is -0.469. The van der Waals surface area contributed by atoms with Gasteiger partial charge in [0.05, 0.1) is 0 Å². The van der Waals surface area contributed by atoms with Crippen LogP contribution in [0.5, 0.6) is 0 Å². The van der Waals surface area contributed by atoms with Crippen LogP contribution in [0.4, 0.5) is 4.39 Å². The molecule has 0 bridgehead atoms. The highest BCUT2D eigenvalue weighted by Gasteiger charge is 2.18. The van der Waals surface area contributed by atoms with Crippen LogP contribution in [0.3, 0.4) is 0 Å². The van der Waals surface area contributed by atoms with Crippen molar-refractivity contribution in [2.45, 2.75) is 12.8 Å². The quantitative estimate of drug-likeness (QED) is 0.802. The molecule has 18 heavy (non-hydrogen) atoms. The van der Waals surface area contributed by atoms with E-state index in [4.69, 9.17) is 4.52 Å². The monoisotopic (exact) mass is 331 g/mol. The van der Waals surface area contributed by atoms with Crippen LogP contribution in [0.15, 0.2) is 21.3 Å². The molecule has 2 aromatic heterocycles. The third-order valence-corrected chi connectivity index (χ3v) is 3.58. The lowest BCUT2D eigenvalue weighted by Crippen LogP contribution is -1.97. The Bertz CT molecular complexity index is 549. The van der Waals surface area contributed by atoms with E-state index >= 15 is 0 Å². The van der Waals surface area contributed by atoms with E-state index in [-0.39, 0.29) is 17.4 Å². The van der Waals surface area contributed by atoms with Gasteiger partial charge in [-0.05, 0) is 34.3 Å². The molecule has 0 unspecified atom stereocenters. The average molecular weight is 332 g/mol. The molecule has 0 aromatic carbocycles. The van der Waals surface area contributed by atoms with Gasteiger partial charge in [0, 0.05) is 11.7 Å². The van der Waals surface area contributed by atoms with Gasteiger partial charge in [0.25, 0.3) is 0 Å². The molecule has 2 heterocycles. The second-order valence-corrected chi connectivity index (χ2v) is 5.50. The zero-order valence-corrected chi connectivity index (χ0v) is 12.3. The second-order valence-electron chi connectivity index (χ2n) is 3.78. The Morgan fingerprint density at radius 1 is 1.44 bits per heavy atom. The summed E-state index contributed by atoms with van der Waals surface area (Å²) in [6.07, 6.45) is 2.00. The Morgan fingerprint density at radius 3 is 2.94 bits per heavy atom. The fraction of sp³-hybridized carbons (Fsp3) is 0.364. The normalized spacial score (nSPS) is 12.7. The first-order valence-electron chi connectivity index (χ1n) is 5.26. The molecule has 96 valence electrons. The van der Waals surface area contributed by atoms with Crippen LogP contribution in [0.2, 0.25) is 0 Å². The first-order valence-corrected chi connectivity index (χ1v) is 7.45. The second kappa shape index (κ2) is 5.79. The van der Waals surface area contributed by atoms with Gasteiger partial charge >= 0.3 is 0 Å². The summed E-state index contributed by atoms with van der Waals surface area (Å²) in [5.74, 6) is 1.22. The minimum absolute atomic E-state index is 0.0933. The molecular weight excluding hydrogens is 321 g/mol. The highest BCUT2D eigenvalue weighted by Crippen LogP contribution is 2.23. The number of thioether (sulfide) groups is 1. The molecule has 0 aliphatic carbocycles. The van der Waals surface area contributed by atoms with Crippen molar-refractivity contribution in [2.75, 3.05) is 12.0 Å². The number of hydrogen-bond donors (Lipinski definition) is 0. The fourth-order valence-electron chi connectivity index (χ4n) is 1.43. The topological polar surface area (TPSA) is 51.8 Å². The molecule has 7 heteroatoms. The summed E-state index contributed by atoms with van der Waals surface area (Å²) in [4.78, 5) is 8.20. The summed E-state index contributed by atoms with van der Waals surface area (Å²) in [7, 11) is 0. The SMILES string of the molecule is CSC[C@H](C)c1nc(-c2nc(Br)ccc2F)no1. The van der Waals surface area contributed by atoms with Crippen LogP contribution in [0.1, 0.15) is 18.7 Å². The van der Waals surface area contributed by atoms with E-state index in [1.54, 1.807) is 11.8 Å². The van der Waals surface area contributed by atoms with E-state index in [9.17, 15) is 4.39 Å². The van der Waals surface area contributed by atoms with Crippen LogP contribution in [-0.2, 0) is 0 Å². The zero-order valence-electron chi connectivity index (χ0n) is 9.85. The van der Waals surface area contributed by atoms with E-state index in [1.807, 2.05) is 13.2 Å². The van der Waals surface area contributed by atoms with E-state index in [0.717, 1.165) is 5.75 Å². The summed E-state index contributed by atoms with van der Waals surface area (Å²) in [6, 6.07) is 2.84. The number of hydrogen-bond acceptors (Lipinski definition) is 5. The van der Waals surface area contributed by atoms with Crippen molar-refractivity contribution in [3.63, 3.8) is 0 Å². The molecule has 2 aromatic rings. The van der Waals surface area contributed by atoms with Gasteiger partial charge in [-0.1, -0.05) is 12.1 Å². The molecule has 0 radical (unpaired) electrons. The van der Waals surface area contributed by atoms with E-state index in [2.05, 4.69) is 31.1 Å². The van der Waals surface area contributed by atoms with Crippen molar-refractivity contribution in [2.24, 2.45) is 0 Å². The maximum absolute atomic E-state index is 13.6. The number of rotatable bonds is 4. The number of halogens is 2. The lowest BCUT2D eigenvalue weighted by molar-refractivity contribution is 0.366. The van der Waals surface area contributed by atoms with Gasteiger partial charge in [0.1, 0.15) is 10.3 Å². The number of aromatic nitrogens is 3. The smallest absolute Gasteiger partial charge is 0.230 e. The Hall–Kier alpha value is -0.950. The van der Waals surface area contributed by atoms with Crippen molar-refractivity contribution in [3.8, 4) is 11.5 Å². The molecule has 1 atom stereocenters. The molecule has 0 spiro atoms. The standard InChI is InChI=1S/C11H11BrFN3OS/c1-6(5-18-2)11-15-10(16-17-11)9-7(13)3-4-8(12)14-9/h3-4,6H,5H2,1-2H3/t6-/m0/s1. The molecule has 0 N–H and O–H groups in total. The molecule has 2 rings (SSSR count). The summed E-state index contributed by atoms with van der Waals surface area (Å²) in [6.45, 7) is 1.98. The van der Waals surface area contributed by atoms with Crippen molar-refractivity contribution < 1.29 is 8.91 Å². The van der Waals surface area contributed by atoms with Crippen molar-refractivity contribution >= 4 is 27.7 Å². The molecule has 0 saturated heterocycles. The summed E-state index contributed by atoms with van der Waals surface area (Å²) in [5.41, 5.74) is 0.0933. The van der Waals surface area contributed by atoms with Gasteiger partial charge in [-0.15, -0.1) is 0 Å². The van der Waals surface area contributed by atoms with Crippen LogP contribution < -0.4 is 0 Å². The fourth-order valence-corrected chi connectivity index (χ4v) is 2.38. The van der Waals surface area contributed by atoms with Gasteiger partial charge in [0.15, 0.2) is 5.82 Å². The summed E-state index contributed by atoms with van der Waals surface area (Å²) >= 11 is 4.88. The summed E-state index contributed by atoms with van der Waals surface area (Å²) in [5, 5.41) is 3.77. The maximum atomic E-state index is 13.6. The zero-order chi connectivity index (χ0) is 13.1. The predicted octanol–water partition coefficient (Wildman–Crippen LogP) is 3.50. The first-order chi connectivity index (χ1) is 8.61. The number of pyridine rings is 1. The van der Waals surface area contributed by atoms with Crippen molar-refractivity contribution in [1.82, 2.24) is 15.1 Å². The lowest BCUT2D eigenvalue weighted by atomic mass is 10.2. The minimum Gasteiger partial charge on any atom is -0.339 e. The Balaban J connectivity index is 2.32. The molecule has 0 saturated carbocycles. The highest BCUT2D eigenvalue weighted by atomic mass is 79.9. The Kier molecular flexibility index (Phi) is 4.34. The van der Waals surface area contributed by atoms with E-state index in [0.29, 0.717) is 10.5 Å². The van der Waals surface area contributed by atoms with Crippen LogP contribution in [-0.4, -0.2) is 27.1 Å². The molecule has 0 aliphatic heterocycles. The van der Waals surface area contributed by atoms with Crippen LogP contribution >= 0.6 is 27.7 Å². The van der Waals surface area contributed by atoms with Gasteiger partial charge in [0.2, 0.25) is 11.7 Å². The Labute approximate surface area is 117 Å².